The molecule has 3 rings (SSSR count). The van der Waals surface area contributed by atoms with E-state index in [0.717, 1.165) is 22.3 Å². The fourth-order valence-electron chi connectivity index (χ4n) is 2.83. The van der Waals surface area contributed by atoms with Crippen molar-refractivity contribution < 1.29 is 28.2 Å². The standard InChI is InChI=1S/C22H21F2NO4S/c1-12-17(9-19(30-12)21(26)27)20-18(8-16(10-25-20)29-22(2,3)4)28-11-13-5-14(23)7-15(24)6-13/h5-10H,11H2,1-4H3,(H,26,27). The van der Waals surface area contributed by atoms with Crippen LogP contribution in [0.1, 0.15) is 40.9 Å². The van der Waals surface area contributed by atoms with Crippen LogP contribution in [0.15, 0.2) is 36.5 Å². The zero-order valence-corrected chi connectivity index (χ0v) is 17.8. The van der Waals surface area contributed by atoms with Gasteiger partial charge >= 0.3 is 5.97 Å². The van der Waals surface area contributed by atoms with Crippen LogP contribution >= 0.6 is 11.3 Å². The molecule has 158 valence electrons. The number of ether oxygens (including phenoxy) is 2. The number of carboxylic acids is 1. The zero-order valence-electron chi connectivity index (χ0n) is 17.0. The smallest absolute Gasteiger partial charge is 0.345 e. The number of hydrogen-bond acceptors (Lipinski definition) is 5. The second-order valence-corrected chi connectivity index (χ2v) is 8.94. The predicted octanol–water partition coefficient (Wildman–Crippen LogP) is 5.85. The first-order valence-corrected chi connectivity index (χ1v) is 9.94. The van der Waals surface area contributed by atoms with Crippen molar-refractivity contribution in [2.75, 3.05) is 0 Å². The average Bonchev–Trinajstić information content (AvgIpc) is 3.00. The number of benzene rings is 1. The molecule has 0 spiro atoms. The topological polar surface area (TPSA) is 68.7 Å². The van der Waals surface area contributed by atoms with E-state index in [0.29, 0.717) is 28.3 Å². The molecule has 0 radical (unpaired) electrons. The van der Waals surface area contributed by atoms with Gasteiger partial charge in [0.1, 0.15) is 45.9 Å². The quantitative estimate of drug-likeness (QED) is 0.528. The van der Waals surface area contributed by atoms with Crippen LogP contribution in [0, 0.1) is 18.6 Å². The van der Waals surface area contributed by atoms with Crippen molar-refractivity contribution in [3.05, 3.63) is 63.5 Å². The molecule has 8 heteroatoms. The Kier molecular flexibility index (Phi) is 6.07. The van der Waals surface area contributed by atoms with Crippen LogP contribution in [0.4, 0.5) is 8.78 Å². The van der Waals surface area contributed by atoms with Gasteiger partial charge in [-0.3, -0.25) is 0 Å². The van der Waals surface area contributed by atoms with Crippen LogP contribution in [0.5, 0.6) is 11.5 Å². The molecule has 2 heterocycles. The number of carbonyl (C=O) groups is 1. The monoisotopic (exact) mass is 433 g/mol. The molecule has 3 aromatic rings. The van der Waals surface area contributed by atoms with Gasteiger partial charge in [-0.2, -0.15) is 0 Å². The summed E-state index contributed by atoms with van der Waals surface area (Å²) in [6.45, 7) is 7.36. The lowest BCUT2D eigenvalue weighted by Crippen LogP contribution is -2.23. The van der Waals surface area contributed by atoms with E-state index in [4.69, 9.17) is 9.47 Å². The third kappa shape index (κ3) is 5.33. The maximum Gasteiger partial charge on any atom is 0.345 e. The minimum atomic E-state index is -1.03. The van der Waals surface area contributed by atoms with Crippen LogP contribution in [-0.2, 0) is 6.61 Å². The highest BCUT2D eigenvalue weighted by molar-refractivity contribution is 7.14. The number of carboxylic acid groups (broad SMARTS) is 1. The summed E-state index contributed by atoms with van der Waals surface area (Å²) >= 11 is 1.13. The van der Waals surface area contributed by atoms with E-state index in [2.05, 4.69) is 4.98 Å². The molecule has 0 saturated heterocycles. The van der Waals surface area contributed by atoms with E-state index < -0.39 is 23.2 Å². The highest BCUT2D eigenvalue weighted by Crippen LogP contribution is 2.38. The molecular formula is C22H21F2NO4S. The van der Waals surface area contributed by atoms with Gasteiger partial charge in [0.05, 0.1) is 6.20 Å². The average molecular weight is 433 g/mol. The van der Waals surface area contributed by atoms with Crippen molar-refractivity contribution in [1.29, 1.82) is 0 Å². The number of aromatic nitrogens is 1. The Labute approximate surface area is 176 Å². The van der Waals surface area contributed by atoms with E-state index in [1.165, 1.54) is 24.4 Å². The molecule has 30 heavy (non-hydrogen) atoms. The molecule has 1 aromatic carbocycles. The fourth-order valence-corrected chi connectivity index (χ4v) is 3.69. The normalized spacial score (nSPS) is 11.4. The van der Waals surface area contributed by atoms with Crippen LogP contribution in [-0.4, -0.2) is 21.7 Å². The summed E-state index contributed by atoms with van der Waals surface area (Å²) in [6, 6.07) is 6.33. The van der Waals surface area contributed by atoms with E-state index in [-0.39, 0.29) is 11.5 Å². The third-order valence-electron chi connectivity index (χ3n) is 3.95. The Morgan fingerprint density at radius 2 is 1.80 bits per heavy atom. The van der Waals surface area contributed by atoms with Crippen molar-refractivity contribution in [3.8, 4) is 22.8 Å². The third-order valence-corrected chi connectivity index (χ3v) is 4.99. The summed E-state index contributed by atoms with van der Waals surface area (Å²) in [7, 11) is 0. The number of hydrogen-bond donors (Lipinski definition) is 1. The number of aromatic carboxylic acids is 1. The molecule has 0 bridgehead atoms. The highest BCUT2D eigenvalue weighted by atomic mass is 32.1. The van der Waals surface area contributed by atoms with Crippen molar-refractivity contribution in [2.45, 2.75) is 39.9 Å². The van der Waals surface area contributed by atoms with Crippen molar-refractivity contribution in [1.82, 2.24) is 4.98 Å². The van der Waals surface area contributed by atoms with E-state index >= 15 is 0 Å². The molecule has 0 unspecified atom stereocenters. The first kappa shape index (κ1) is 21.7. The summed E-state index contributed by atoms with van der Waals surface area (Å²) in [5.41, 5.74) is 0.879. The Morgan fingerprint density at radius 3 is 2.37 bits per heavy atom. The molecule has 0 fully saturated rings. The maximum atomic E-state index is 13.5. The van der Waals surface area contributed by atoms with E-state index in [1.807, 2.05) is 20.8 Å². The second-order valence-electron chi connectivity index (χ2n) is 7.68. The molecule has 0 atom stereocenters. The van der Waals surface area contributed by atoms with Gasteiger partial charge in [-0.1, -0.05) is 0 Å². The van der Waals surface area contributed by atoms with Gasteiger partial charge in [0.2, 0.25) is 0 Å². The number of nitrogens with zero attached hydrogens (tertiary/aromatic N) is 1. The Hall–Kier alpha value is -3.00. The van der Waals surface area contributed by atoms with Crippen LogP contribution < -0.4 is 9.47 Å². The number of rotatable bonds is 6. The van der Waals surface area contributed by atoms with Crippen LogP contribution in [0.25, 0.3) is 11.3 Å². The van der Waals surface area contributed by atoms with Crippen LogP contribution in [0.2, 0.25) is 0 Å². The first-order chi connectivity index (χ1) is 14.0. The minimum Gasteiger partial charge on any atom is -0.486 e. The van der Waals surface area contributed by atoms with Gasteiger partial charge in [-0.05, 0) is 51.5 Å². The first-order valence-electron chi connectivity index (χ1n) is 9.13. The van der Waals surface area contributed by atoms with Gasteiger partial charge < -0.3 is 14.6 Å². The number of pyridine rings is 1. The van der Waals surface area contributed by atoms with Gasteiger partial charge in [-0.15, -0.1) is 11.3 Å². The summed E-state index contributed by atoms with van der Waals surface area (Å²) < 4.78 is 38.7. The van der Waals surface area contributed by atoms with Gasteiger partial charge in [0.25, 0.3) is 0 Å². The number of aryl methyl sites for hydroxylation is 1. The molecule has 0 aliphatic rings. The maximum absolute atomic E-state index is 13.5. The predicted molar refractivity (Wildman–Crippen MR) is 110 cm³/mol. The van der Waals surface area contributed by atoms with Crippen molar-refractivity contribution >= 4 is 17.3 Å². The summed E-state index contributed by atoms with van der Waals surface area (Å²) in [5.74, 6) is -1.65. The summed E-state index contributed by atoms with van der Waals surface area (Å²) in [5, 5.41) is 9.28. The Morgan fingerprint density at radius 1 is 1.13 bits per heavy atom. The van der Waals surface area contributed by atoms with Crippen LogP contribution in [0.3, 0.4) is 0 Å². The second kappa shape index (κ2) is 8.39. The van der Waals surface area contributed by atoms with Gasteiger partial charge in [0, 0.05) is 22.6 Å². The van der Waals surface area contributed by atoms with Gasteiger partial charge in [0.15, 0.2) is 0 Å². The molecule has 1 N–H and O–H groups in total. The molecule has 0 aliphatic carbocycles. The largest absolute Gasteiger partial charge is 0.486 e. The zero-order chi connectivity index (χ0) is 22.1. The SMILES string of the molecule is Cc1sc(C(=O)O)cc1-c1ncc(OC(C)(C)C)cc1OCc1cc(F)cc(F)c1. The van der Waals surface area contributed by atoms with Gasteiger partial charge in [-0.25, -0.2) is 18.6 Å². The molecular weight excluding hydrogens is 412 g/mol. The minimum absolute atomic E-state index is 0.0999. The molecule has 2 aromatic heterocycles. The van der Waals surface area contributed by atoms with E-state index in [9.17, 15) is 18.7 Å². The molecule has 0 saturated carbocycles. The highest BCUT2D eigenvalue weighted by Gasteiger charge is 2.20. The molecule has 0 amide bonds. The summed E-state index contributed by atoms with van der Waals surface area (Å²) in [6.07, 6.45) is 1.53. The molecule has 5 nitrogen and oxygen atoms in total. The van der Waals surface area contributed by atoms with Crippen molar-refractivity contribution in [2.24, 2.45) is 0 Å². The summed E-state index contributed by atoms with van der Waals surface area (Å²) in [4.78, 5) is 16.7. The Balaban J connectivity index is 2.00. The number of thiophene rings is 1. The lowest BCUT2D eigenvalue weighted by atomic mass is 10.1. The van der Waals surface area contributed by atoms with E-state index in [1.54, 1.807) is 13.0 Å². The number of halogens is 2. The lowest BCUT2D eigenvalue weighted by molar-refractivity contribution is 0.0702. The molecule has 0 aliphatic heterocycles. The van der Waals surface area contributed by atoms with Crippen molar-refractivity contribution in [3.63, 3.8) is 0 Å². The lowest BCUT2D eigenvalue weighted by Gasteiger charge is -2.22. The Bertz CT molecular complexity index is 1070. The fraction of sp³-hybridized carbons (Fsp3) is 0.273.